The number of hydrogen-bond donors (Lipinski definition) is 2. The quantitative estimate of drug-likeness (QED) is 0.610. The molecule has 0 amide bonds. The Bertz CT molecular complexity index is 1190. The summed E-state index contributed by atoms with van der Waals surface area (Å²) in [6.45, 7) is 6.35. The molecule has 2 aromatic carbocycles. The lowest BCUT2D eigenvalue weighted by molar-refractivity contribution is 0.0683. The van der Waals surface area contributed by atoms with Gasteiger partial charge in [-0.15, -0.1) is 0 Å². The highest BCUT2D eigenvalue weighted by atomic mass is 16.4. The van der Waals surface area contributed by atoms with Crippen molar-refractivity contribution in [2.24, 2.45) is 0 Å². The first kappa shape index (κ1) is 22.5. The van der Waals surface area contributed by atoms with E-state index in [1.54, 1.807) is 76.2 Å². The van der Waals surface area contributed by atoms with Gasteiger partial charge in [-0.2, -0.15) is 0 Å². The van der Waals surface area contributed by atoms with Crippen molar-refractivity contribution in [3.63, 3.8) is 0 Å². The van der Waals surface area contributed by atoms with Crippen molar-refractivity contribution in [1.82, 2.24) is 19.9 Å². The van der Waals surface area contributed by atoms with Crippen LogP contribution in [0.4, 0.5) is 0 Å². The zero-order valence-corrected chi connectivity index (χ0v) is 18.1. The molecule has 0 spiro atoms. The van der Waals surface area contributed by atoms with Crippen LogP contribution in [-0.2, 0) is 0 Å². The topological polar surface area (TPSA) is 126 Å². The molecule has 0 unspecified atom stereocenters. The molecule has 8 nitrogen and oxygen atoms in total. The van der Waals surface area contributed by atoms with Crippen molar-refractivity contribution in [2.45, 2.75) is 27.7 Å². The van der Waals surface area contributed by atoms with E-state index in [2.05, 4.69) is 19.9 Å². The van der Waals surface area contributed by atoms with Crippen LogP contribution in [0.15, 0.2) is 48.5 Å². The smallest absolute Gasteiger partial charge is 0.339 e. The Hall–Kier alpha value is -4.20. The van der Waals surface area contributed by atoms with Gasteiger partial charge in [0.05, 0.1) is 44.8 Å². The lowest BCUT2D eigenvalue weighted by Crippen LogP contribution is -2.05. The summed E-state index contributed by atoms with van der Waals surface area (Å²) in [5.74, 6) is -2.31. The molecule has 0 saturated heterocycles. The van der Waals surface area contributed by atoms with Gasteiger partial charge in [0.2, 0.25) is 0 Å². The average Bonchev–Trinajstić information content (AvgIpc) is 2.70. The van der Waals surface area contributed by atoms with Gasteiger partial charge < -0.3 is 10.2 Å². The van der Waals surface area contributed by atoms with E-state index in [1.807, 2.05) is 0 Å². The second-order valence-electron chi connectivity index (χ2n) is 7.13. The van der Waals surface area contributed by atoms with Crippen LogP contribution in [-0.4, -0.2) is 42.1 Å². The molecule has 0 aliphatic carbocycles. The first-order chi connectivity index (χ1) is 15.2. The van der Waals surface area contributed by atoms with Gasteiger partial charge in [0.1, 0.15) is 11.1 Å². The van der Waals surface area contributed by atoms with E-state index >= 15 is 0 Å². The Labute approximate surface area is 184 Å². The van der Waals surface area contributed by atoms with E-state index in [-0.39, 0.29) is 33.9 Å². The Kier molecular flexibility index (Phi) is 6.53. The average molecular weight is 430 g/mol. The second kappa shape index (κ2) is 9.30. The van der Waals surface area contributed by atoms with Crippen LogP contribution in [0.5, 0.6) is 0 Å². The molecule has 0 radical (unpaired) electrons. The van der Waals surface area contributed by atoms with Gasteiger partial charge in [0, 0.05) is 0 Å². The molecular weight excluding hydrogens is 408 g/mol. The molecule has 0 aliphatic rings. The molecule has 2 N–H and O–H groups in total. The molecule has 1 aromatic heterocycles. The van der Waals surface area contributed by atoms with Crippen molar-refractivity contribution >= 4 is 34.0 Å². The van der Waals surface area contributed by atoms with Crippen LogP contribution in [0.2, 0.25) is 0 Å². The largest absolute Gasteiger partial charge is 0.478 e. The summed E-state index contributed by atoms with van der Waals surface area (Å²) in [4.78, 5) is 42.0. The number of aryl methyl sites for hydroxylation is 4. The molecule has 162 valence electrons. The third kappa shape index (κ3) is 4.75. The van der Waals surface area contributed by atoms with E-state index in [9.17, 15) is 19.8 Å². The lowest BCUT2D eigenvalue weighted by Gasteiger charge is -2.03. The highest BCUT2D eigenvalue weighted by molar-refractivity contribution is 5.91. The maximum absolute atomic E-state index is 12.0. The van der Waals surface area contributed by atoms with Gasteiger partial charge in [0.15, 0.2) is 0 Å². The van der Waals surface area contributed by atoms with E-state index in [0.717, 1.165) is 0 Å². The number of para-hydroxylation sites is 4. The zero-order valence-electron chi connectivity index (χ0n) is 18.1. The van der Waals surface area contributed by atoms with E-state index in [1.165, 1.54) is 0 Å². The first-order valence-electron chi connectivity index (χ1n) is 9.80. The number of aromatic nitrogens is 4. The lowest BCUT2D eigenvalue weighted by atomic mass is 10.1. The third-order valence-corrected chi connectivity index (χ3v) is 4.79. The molecule has 0 aliphatic heterocycles. The number of rotatable bonds is 2. The maximum Gasteiger partial charge on any atom is 0.339 e. The van der Waals surface area contributed by atoms with Crippen LogP contribution >= 0.6 is 0 Å². The van der Waals surface area contributed by atoms with Crippen molar-refractivity contribution in [2.75, 3.05) is 0 Å². The van der Waals surface area contributed by atoms with Crippen molar-refractivity contribution in [3.8, 4) is 0 Å². The summed E-state index contributed by atoms with van der Waals surface area (Å²) in [6.07, 6.45) is 0. The van der Waals surface area contributed by atoms with Crippen molar-refractivity contribution < 1.29 is 19.8 Å². The van der Waals surface area contributed by atoms with Gasteiger partial charge in [-0.1, -0.05) is 24.3 Å². The number of carboxylic acid groups (broad SMARTS) is 2. The summed E-state index contributed by atoms with van der Waals surface area (Å²) < 4.78 is 0. The number of carboxylic acids is 2. The molecule has 3 rings (SSSR count). The summed E-state index contributed by atoms with van der Waals surface area (Å²) in [5.41, 5.74) is 2.55. The predicted molar refractivity (Wildman–Crippen MR) is 121 cm³/mol. The Morgan fingerprint density at radius 1 is 0.531 bits per heavy atom. The van der Waals surface area contributed by atoms with Gasteiger partial charge in [-0.25, -0.2) is 9.59 Å². The number of hydrogen-bond acceptors (Lipinski definition) is 6. The fourth-order valence-corrected chi connectivity index (χ4v) is 3.40. The normalized spacial score (nSPS) is 10.4. The van der Waals surface area contributed by atoms with Crippen molar-refractivity contribution in [3.05, 3.63) is 82.4 Å². The number of carbonyl (C=O) groups is 2. The summed E-state index contributed by atoms with van der Waals surface area (Å²) in [5, 5.41) is 19.7. The van der Waals surface area contributed by atoms with Gasteiger partial charge in [-0.3, -0.25) is 19.9 Å². The molecule has 0 atom stereocenters. The summed E-state index contributed by atoms with van der Waals surface area (Å²) in [7, 11) is 0. The standard InChI is InChI=1S/C24H22N4O4/c1-13-21(23(29)30)14(2)26-19-11-7-8-12-20(19)28-16(4)22(24(31)32)15(3)27-18-10-6-5-9-17(18)25-13/h5-12H,1-4H3,(H,29,30)(H,31,32). The van der Waals surface area contributed by atoms with Crippen LogP contribution in [0.3, 0.4) is 0 Å². The SMILES string of the molecule is Cc1nc2ccccc2nc(C)c(C(=O)O)c(C)nc2ccccc2nc(C)c1C(=O)O. The number of nitrogens with zero attached hydrogens (tertiary/aromatic N) is 4. The molecule has 32 heavy (non-hydrogen) atoms. The Balaban J connectivity index is 2.71. The number of benzene rings is 2. The van der Waals surface area contributed by atoms with Crippen LogP contribution in [0.1, 0.15) is 43.5 Å². The molecule has 0 saturated carbocycles. The minimum absolute atomic E-state index is 0.0362. The monoisotopic (exact) mass is 430 g/mol. The van der Waals surface area contributed by atoms with Crippen molar-refractivity contribution in [1.29, 1.82) is 0 Å². The van der Waals surface area contributed by atoms with Gasteiger partial charge >= 0.3 is 11.9 Å². The fourth-order valence-electron chi connectivity index (χ4n) is 3.40. The zero-order chi connectivity index (χ0) is 23.4. The number of fused-ring (bicyclic) bond motifs is 2. The maximum atomic E-state index is 12.0. The molecule has 1 heterocycles. The second-order valence-corrected chi connectivity index (χ2v) is 7.13. The summed E-state index contributed by atoms with van der Waals surface area (Å²) >= 11 is 0. The molecular formula is C24H22N4O4. The van der Waals surface area contributed by atoms with Crippen LogP contribution < -0.4 is 0 Å². The third-order valence-electron chi connectivity index (χ3n) is 4.79. The van der Waals surface area contributed by atoms with Gasteiger partial charge in [-0.05, 0) is 52.0 Å². The first-order valence-corrected chi connectivity index (χ1v) is 9.80. The molecule has 0 bridgehead atoms. The Morgan fingerprint density at radius 3 is 0.938 bits per heavy atom. The summed E-state index contributed by atoms with van der Waals surface area (Å²) in [6, 6.07) is 13.7. The minimum atomic E-state index is -1.16. The highest BCUT2D eigenvalue weighted by Crippen LogP contribution is 2.15. The van der Waals surface area contributed by atoms with Crippen LogP contribution in [0.25, 0.3) is 22.1 Å². The van der Waals surface area contributed by atoms with Crippen LogP contribution in [0, 0.1) is 27.7 Å². The minimum Gasteiger partial charge on any atom is -0.478 e. The van der Waals surface area contributed by atoms with E-state index in [0.29, 0.717) is 22.1 Å². The molecule has 8 heteroatoms. The Morgan fingerprint density at radius 2 is 0.750 bits per heavy atom. The van der Waals surface area contributed by atoms with E-state index in [4.69, 9.17) is 0 Å². The molecule has 0 fully saturated rings. The van der Waals surface area contributed by atoms with E-state index < -0.39 is 11.9 Å². The number of aromatic carboxylic acids is 2. The highest BCUT2D eigenvalue weighted by Gasteiger charge is 2.13. The van der Waals surface area contributed by atoms with Gasteiger partial charge in [0.25, 0.3) is 0 Å². The molecule has 3 aromatic rings. The predicted octanol–water partition coefficient (Wildman–Crippen LogP) is 4.45. The fraction of sp³-hybridized carbons (Fsp3) is 0.167.